The van der Waals surface area contributed by atoms with Gasteiger partial charge in [0.2, 0.25) is 7.37 Å². The first-order valence-electron chi connectivity index (χ1n) is 12.6. The van der Waals surface area contributed by atoms with Gasteiger partial charge in [0.25, 0.3) is 11.8 Å². The van der Waals surface area contributed by atoms with Crippen molar-refractivity contribution in [3.05, 3.63) is 143 Å². The van der Waals surface area contributed by atoms with Crippen molar-refractivity contribution in [2.45, 2.75) is 12.5 Å². The van der Waals surface area contributed by atoms with Crippen LogP contribution < -0.4 is 5.32 Å². The topological polar surface area (TPSA) is 75.7 Å². The molecule has 0 bridgehead atoms. The highest BCUT2D eigenvalue weighted by atomic mass is 31.2. The fraction of sp³-hybridized carbons (Fsp3) is 0.161. The zero-order valence-corrected chi connectivity index (χ0v) is 22.0. The summed E-state index contributed by atoms with van der Waals surface area (Å²) in [5, 5.41) is 3.59. The van der Waals surface area contributed by atoms with Crippen molar-refractivity contribution in [2.75, 3.05) is 19.2 Å². The van der Waals surface area contributed by atoms with Crippen LogP contribution in [0.25, 0.3) is 0 Å². The summed E-state index contributed by atoms with van der Waals surface area (Å²) in [4.78, 5) is 27.2. The lowest BCUT2D eigenvalue weighted by Crippen LogP contribution is -2.46. The zero-order valence-electron chi connectivity index (χ0n) is 21.1. The summed E-state index contributed by atoms with van der Waals surface area (Å²) in [6, 6.07) is 36.5. The lowest BCUT2D eigenvalue weighted by molar-refractivity contribution is 0.0674. The van der Waals surface area contributed by atoms with Gasteiger partial charge in [-0.05, 0) is 35.7 Å². The molecule has 1 atom stereocenters. The molecule has 1 aliphatic rings. The average molecular weight is 525 g/mol. The Balaban J connectivity index is 1.55. The second kappa shape index (κ2) is 10.9. The molecule has 6 nitrogen and oxygen atoms in total. The zero-order chi connectivity index (χ0) is 26.6. The number of rotatable bonds is 10. The first-order valence-corrected chi connectivity index (χ1v) is 14.6. The van der Waals surface area contributed by atoms with E-state index in [0.29, 0.717) is 11.1 Å². The monoisotopic (exact) mass is 524 g/mol. The number of imide groups is 1. The van der Waals surface area contributed by atoms with E-state index in [9.17, 15) is 14.2 Å². The molecule has 0 aromatic heterocycles. The number of benzene rings is 4. The van der Waals surface area contributed by atoms with E-state index in [0.717, 1.165) is 21.6 Å². The Labute approximate surface area is 222 Å². The molecule has 7 heteroatoms. The highest BCUT2D eigenvalue weighted by Crippen LogP contribution is 2.49. The number of carbonyl (C=O) groups excluding carboxylic acids is 2. The van der Waals surface area contributed by atoms with Crippen LogP contribution in [0.15, 0.2) is 115 Å². The third kappa shape index (κ3) is 4.74. The maximum Gasteiger partial charge on any atom is 0.262 e. The van der Waals surface area contributed by atoms with Crippen molar-refractivity contribution in [1.29, 1.82) is 0 Å². The number of hydrogen-bond acceptors (Lipinski definition) is 5. The van der Waals surface area contributed by atoms with Crippen LogP contribution in [0.3, 0.4) is 0 Å². The predicted octanol–water partition coefficient (Wildman–Crippen LogP) is 6.09. The SMILES string of the molecule is CCOP(=O)(CNC(c1ccccc1)(c1ccccc1)c1ccccc1)CN1C(=O)c2ccccc2C1=O. The van der Waals surface area contributed by atoms with Gasteiger partial charge >= 0.3 is 0 Å². The molecule has 1 unspecified atom stereocenters. The lowest BCUT2D eigenvalue weighted by atomic mass is 9.77. The molecule has 4 aromatic carbocycles. The molecule has 1 aliphatic heterocycles. The fourth-order valence-electron chi connectivity index (χ4n) is 5.06. The maximum atomic E-state index is 14.3. The summed E-state index contributed by atoms with van der Waals surface area (Å²) in [7, 11) is -3.56. The number of hydrogen-bond donors (Lipinski definition) is 1. The van der Waals surface area contributed by atoms with Gasteiger partial charge in [0.1, 0.15) is 6.29 Å². The second-order valence-corrected chi connectivity index (χ2v) is 11.6. The molecule has 5 rings (SSSR count). The molecular formula is C31H29N2O4P. The molecule has 0 saturated carbocycles. The Hall–Kier alpha value is -3.83. The van der Waals surface area contributed by atoms with Crippen LogP contribution >= 0.6 is 7.37 Å². The van der Waals surface area contributed by atoms with Gasteiger partial charge in [-0.2, -0.15) is 0 Å². The van der Waals surface area contributed by atoms with E-state index < -0.39 is 24.7 Å². The van der Waals surface area contributed by atoms with Crippen LogP contribution in [0.2, 0.25) is 0 Å². The number of nitrogens with one attached hydrogen (secondary N) is 1. The summed E-state index contributed by atoms with van der Waals surface area (Å²) in [5.74, 6) is -0.906. The van der Waals surface area contributed by atoms with Gasteiger partial charge in [0, 0.05) is 0 Å². The van der Waals surface area contributed by atoms with E-state index in [-0.39, 0.29) is 19.2 Å². The molecule has 1 heterocycles. The third-order valence-electron chi connectivity index (χ3n) is 6.80. The van der Waals surface area contributed by atoms with Crippen molar-refractivity contribution in [2.24, 2.45) is 0 Å². The van der Waals surface area contributed by atoms with Gasteiger partial charge in [0.05, 0.1) is 29.6 Å². The smallest absolute Gasteiger partial charge is 0.262 e. The number of nitrogens with zero attached hydrogens (tertiary/aromatic N) is 1. The second-order valence-electron chi connectivity index (χ2n) is 9.14. The Morgan fingerprint density at radius 3 is 1.47 bits per heavy atom. The molecule has 0 aliphatic carbocycles. The van der Waals surface area contributed by atoms with Crippen molar-refractivity contribution >= 4 is 19.2 Å². The van der Waals surface area contributed by atoms with Gasteiger partial charge < -0.3 is 4.52 Å². The number of carbonyl (C=O) groups is 2. The highest BCUT2D eigenvalue weighted by molar-refractivity contribution is 7.58. The van der Waals surface area contributed by atoms with Crippen LogP contribution in [0.1, 0.15) is 44.3 Å². The normalized spacial score (nSPS) is 14.8. The predicted molar refractivity (Wildman–Crippen MR) is 148 cm³/mol. The minimum atomic E-state index is -3.56. The largest absolute Gasteiger partial charge is 0.327 e. The van der Waals surface area contributed by atoms with E-state index in [1.165, 1.54) is 0 Å². The molecule has 0 spiro atoms. The molecule has 192 valence electrons. The summed E-state index contributed by atoms with van der Waals surface area (Å²) in [6.07, 6.45) is -0.373. The van der Waals surface area contributed by atoms with Crippen LogP contribution in [0, 0.1) is 0 Å². The molecule has 4 aromatic rings. The number of amides is 2. The van der Waals surface area contributed by atoms with E-state index >= 15 is 0 Å². The van der Waals surface area contributed by atoms with Crippen LogP contribution in [0.5, 0.6) is 0 Å². The average Bonchev–Trinajstić information content (AvgIpc) is 3.20. The summed E-state index contributed by atoms with van der Waals surface area (Å²) < 4.78 is 20.2. The van der Waals surface area contributed by atoms with Gasteiger partial charge in [-0.3, -0.25) is 24.4 Å². The third-order valence-corrected chi connectivity index (χ3v) is 8.89. The quantitative estimate of drug-likeness (QED) is 0.154. The summed E-state index contributed by atoms with van der Waals surface area (Å²) >= 11 is 0. The maximum absolute atomic E-state index is 14.3. The minimum absolute atomic E-state index is 0.0626. The molecule has 0 fully saturated rings. The molecular weight excluding hydrogens is 495 g/mol. The molecule has 38 heavy (non-hydrogen) atoms. The molecule has 0 saturated heterocycles. The Kier molecular flexibility index (Phi) is 7.39. The van der Waals surface area contributed by atoms with Crippen molar-refractivity contribution < 1.29 is 18.7 Å². The summed E-state index contributed by atoms with van der Waals surface area (Å²) in [5.41, 5.74) is 2.66. The molecule has 0 radical (unpaired) electrons. The van der Waals surface area contributed by atoms with Crippen molar-refractivity contribution in [3.8, 4) is 0 Å². The van der Waals surface area contributed by atoms with E-state index in [1.54, 1.807) is 31.2 Å². The molecule has 1 N–H and O–H groups in total. The first-order chi connectivity index (χ1) is 18.5. The summed E-state index contributed by atoms with van der Waals surface area (Å²) in [6.45, 7) is 1.94. The Morgan fingerprint density at radius 1 is 0.684 bits per heavy atom. The van der Waals surface area contributed by atoms with Gasteiger partial charge in [0.15, 0.2) is 0 Å². The standard InChI is InChI=1S/C31H29N2O4P/c1-2-37-38(36,23-33-29(34)27-20-12-13-21-28(27)30(33)35)22-32-31(24-14-6-3-7-15-24,25-16-8-4-9-17-25)26-18-10-5-11-19-26/h3-21,32H,2,22-23H2,1H3. The Morgan fingerprint density at radius 2 is 1.08 bits per heavy atom. The van der Waals surface area contributed by atoms with Crippen LogP contribution in [-0.4, -0.2) is 35.9 Å². The van der Waals surface area contributed by atoms with Crippen molar-refractivity contribution in [3.63, 3.8) is 0 Å². The van der Waals surface area contributed by atoms with E-state index in [2.05, 4.69) is 5.32 Å². The fourth-order valence-corrected chi connectivity index (χ4v) is 6.97. The lowest BCUT2D eigenvalue weighted by Gasteiger charge is -2.38. The van der Waals surface area contributed by atoms with Crippen LogP contribution in [-0.2, 0) is 14.6 Å². The van der Waals surface area contributed by atoms with Crippen LogP contribution in [0.4, 0.5) is 0 Å². The highest BCUT2D eigenvalue weighted by Gasteiger charge is 2.43. The van der Waals surface area contributed by atoms with Crippen molar-refractivity contribution in [1.82, 2.24) is 10.2 Å². The minimum Gasteiger partial charge on any atom is -0.327 e. The van der Waals surface area contributed by atoms with E-state index in [4.69, 9.17) is 4.52 Å². The van der Waals surface area contributed by atoms with E-state index in [1.807, 2.05) is 91.0 Å². The Bertz CT molecular complexity index is 1340. The van der Waals surface area contributed by atoms with Gasteiger partial charge in [-0.1, -0.05) is 103 Å². The van der Waals surface area contributed by atoms with Gasteiger partial charge in [-0.15, -0.1) is 0 Å². The first kappa shape index (κ1) is 25.8. The number of fused-ring (bicyclic) bond motifs is 1. The molecule has 2 amide bonds. The van der Waals surface area contributed by atoms with Gasteiger partial charge in [-0.25, -0.2) is 0 Å².